The molecule has 3 nitrogen and oxygen atoms in total. The summed E-state index contributed by atoms with van der Waals surface area (Å²) in [5, 5.41) is 7.99. The van der Waals surface area contributed by atoms with Crippen molar-refractivity contribution in [1.29, 1.82) is 0 Å². The molecule has 1 N–H and O–H groups in total. The van der Waals surface area contributed by atoms with Gasteiger partial charge in [-0.05, 0) is 0 Å². The predicted octanol–water partition coefficient (Wildman–Crippen LogP) is -0.431. The van der Waals surface area contributed by atoms with E-state index in [4.69, 9.17) is 0 Å². The van der Waals surface area contributed by atoms with E-state index in [-0.39, 0.29) is 0 Å². The van der Waals surface area contributed by atoms with Crippen molar-refractivity contribution in [3.05, 3.63) is 0 Å². The lowest BCUT2D eigenvalue weighted by Gasteiger charge is -2.36. The van der Waals surface area contributed by atoms with Gasteiger partial charge in [-0.15, -0.1) is 0 Å². The van der Waals surface area contributed by atoms with Gasteiger partial charge in [0.15, 0.2) is 0 Å². The van der Waals surface area contributed by atoms with Gasteiger partial charge >= 0.3 is 0 Å². The monoisotopic (exact) mass is 186 g/mol. The van der Waals surface area contributed by atoms with E-state index in [1.54, 1.807) is 0 Å². The zero-order valence-electron chi connectivity index (χ0n) is 7.33. The first kappa shape index (κ1) is 8.81. The van der Waals surface area contributed by atoms with E-state index in [2.05, 4.69) is 15.5 Å². The summed E-state index contributed by atoms with van der Waals surface area (Å²) in [6.07, 6.45) is 0.519. The molecule has 0 saturated carbocycles. The topological polar surface area (TPSA) is 29.4 Å². The molecule has 1 radical (unpaired) electrons. The van der Waals surface area contributed by atoms with E-state index in [9.17, 15) is 0 Å². The molecule has 2 fully saturated rings. The van der Waals surface area contributed by atoms with E-state index in [1.165, 1.54) is 24.6 Å². The van der Waals surface area contributed by atoms with E-state index in [0.29, 0.717) is 6.17 Å². The third-order valence-electron chi connectivity index (χ3n) is 2.42. The molecule has 12 heavy (non-hydrogen) atoms. The molecule has 69 valence electrons. The normalized spacial score (nSPS) is 33.5. The Morgan fingerprint density at radius 3 is 2.83 bits per heavy atom. The zero-order valence-corrected chi connectivity index (χ0v) is 8.15. The van der Waals surface area contributed by atoms with Crippen molar-refractivity contribution in [2.45, 2.75) is 6.17 Å². The Labute approximate surface area is 78.3 Å². The van der Waals surface area contributed by atoms with Crippen LogP contribution in [0.5, 0.6) is 0 Å². The minimum Gasteiger partial charge on any atom is -0.314 e. The lowest BCUT2D eigenvalue weighted by Crippen LogP contribution is -2.54. The van der Waals surface area contributed by atoms with Crippen LogP contribution in [0.4, 0.5) is 0 Å². The molecule has 2 aliphatic rings. The Balaban J connectivity index is 1.80. The molecule has 2 rings (SSSR count). The molecular formula is C8H16N3S. The second-order valence-corrected chi connectivity index (χ2v) is 4.40. The first-order valence-electron chi connectivity index (χ1n) is 4.66. The van der Waals surface area contributed by atoms with Crippen LogP contribution in [0.15, 0.2) is 0 Å². The van der Waals surface area contributed by atoms with Crippen molar-refractivity contribution in [3.8, 4) is 0 Å². The standard InChI is InChI=1S/C8H16N3S/c1-4-11(5-2-9-1)8-7-12-6-3-10-8/h8-9H,1-7H2. The summed E-state index contributed by atoms with van der Waals surface area (Å²) < 4.78 is 0. The van der Waals surface area contributed by atoms with Crippen LogP contribution in [0.3, 0.4) is 0 Å². The first-order valence-corrected chi connectivity index (χ1v) is 5.81. The van der Waals surface area contributed by atoms with Gasteiger partial charge in [-0.1, -0.05) is 0 Å². The lowest BCUT2D eigenvalue weighted by molar-refractivity contribution is 0.158. The second kappa shape index (κ2) is 4.46. The van der Waals surface area contributed by atoms with Crippen LogP contribution < -0.4 is 10.6 Å². The third kappa shape index (κ3) is 2.13. The number of thioether (sulfide) groups is 1. The smallest absolute Gasteiger partial charge is 0.0853 e. The minimum atomic E-state index is 0.519. The Kier molecular flexibility index (Phi) is 3.28. The van der Waals surface area contributed by atoms with Crippen molar-refractivity contribution in [2.75, 3.05) is 44.2 Å². The molecule has 0 aliphatic carbocycles. The van der Waals surface area contributed by atoms with Crippen molar-refractivity contribution in [1.82, 2.24) is 15.5 Å². The highest BCUT2D eigenvalue weighted by atomic mass is 32.2. The highest BCUT2D eigenvalue weighted by Gasteiger charge is 2.22. The minimum absolute atomic E-state index is 0.519. The molecule has 1 unspecified atom stereocenters. The Bertz CT molecular complexity index is 114. The SMILES string of the molecule is C1CSCC(N2CCNCC2)[N]1. The average molecular weight is 186 g/mol. The van der Waals surface area contributed by atoms with Gasteiger partial charge in [0.1, 0.15) is 0 Å². The molecule has 2 saturated heterocycles. The van der Waals surface area contributed by atoms with Gasteiger partial charge in [-0.3, -0.25) is 4.90 Å². The van der Waals surface area contributed by atoms with E-state index in [1.807, 2.05) is 11.8 Å². The summed E-state index contributed by atoms with van der Waals surface area (Å²) in [7, 11) is 0. The molecule has 0 bridgehead atoms. The Morgan fingerprint density at radius 1 is 1.33 bits per heavy atom. The number of hydrogen-bond donors (Lipinski definition) is 1. The molecule has 0 aromatic rings. The predicted molar refractivity (Wildman–Crippen MR) is 52.6 cm³/mol. The van der Waals surface area contributed by atoms with Crippen LogP contribution in [0.1, 0.15) is 0 Å². The Hall–Kier alpha value is 0.230. The quantitative estimate of drug-likeness (QED) is 0.602. The van der Waals surface area contributed by atoms with Gasteiger partial charge < -0.3 is 5.32 Å². The van der Waals surface area contributed by atoms with Crippen molar-refractivity contribution in [3.63, 3.8) is 0 Å². The van der Waals surface area contributed by atoms with E-state index in [0.717, 1.165) is 19.6 Å². The van der Waals surface area contributed by atoms with Crippen LogP contribution in [-0.2, 0) is 0 Å². The number of nitrogens with one attached hydrogen (secondary N) is 1. The fraction of sp³-hybridized carbons (Fsp3) is 1.00. The third-order valence-corrected chi connectivity index (χ3v) is 3.42. The van der Waals surface area contributed by atoms with Crippen LogP contribution in [0, 0.1) is 0 Å². The number of piperazine rings is 1. The summed E-state index contributed by atoms with van der Waals surface area (Å²) in [5.74, 6) is 2.43. The molecule has 0 amide bonds. The largest absolute Gasteiger partial charge is 0.314 e. The maximum absolute atomic E-state index is 4.63. The van der Waals surface area contributed by atoms with Crippen molar-refractivity contribution in [2.24, 2.45) is 0 Å². The van der Waals surface area contributed by atoms with Crippen molar-refractivity contribution >= 4 is 11.8 Å². The highest BCUT2D eigenvalue weighted by molar-refractivity contribution is 7.99. The summed E-state index contributed by atoms with van der Waals surface area (Å²) in [5.41, 5.74) is 0. The van der Waals surface area contributed by atoms with Crippen LogP contribution in [0.2, 0.25) is 0 Å². The second-order valence-electron chi connectivity index (χ2n) is 3.25. The Morgan fingerprint density at radius 2 is 2.17 bits per heavy atom. The number of nitrogens with zero attached hydrogens (tertiary/aromatic N) is 2. The highest BCUT2D eigenvalue weighted by Crippen LogP contribution is 2.12. The summed E-state index contributed by atoms with van der Waals surface area (Å²) >= 11 is 2.04. The van der Waals surface area contributed by atoms with Gasteiger partial charge in [0.05, 0.1) is 6.17 Å². The molecule has 4 heteroatoms. The molecule has 2 aliphatic heterocycles. The zero-order chi connectivity index (χ0) is 8.23. The number of hydrogen-bond acceptors (Lipinski definition) is 3. The average Bonchev–Trinajstić information content (AvgIpc) is 2.21. The van der Waals surface area contributed by atoms with Gasteiger partial charge in [-0.25, -0.2) is 5.32 Å². The molecule has 0 aromatic carbocycles. The fourth-order valence-electron chi connectivity index (χ4n) is 1.71. The molecular weight excluding hydrogens is 170 g/mol. The summed E-state index contributed by atoms with van der Waals surface area (Å²) in [6, 6.07) is 0. The van der Waals surface area contributed by atoms with Crippen LogP contribution in [0.25, 0.3) is 0 Å². The molecule has 1 atom stereocenters. The van der Waals surface area contributed by atoms with Gasteiger partial charge in [0, 0.05) is 44.2 Å². The molecule has 0 spiro atoms. The summed E-state index contributed by atoms with van der Waals surface area (Å²) in [4.78, 5) is 2.50. The van der Waals surface area contributed by atoms with Crippen molar-refractivity contribution < 1.29 is 0 Å². The maximum atomic E-state index is 4.63. The van der Waals surface area contributed by atoms with E-state index < -0.39 is 0 Å². The molecule has 2 heterocycles. The van der Waals surface area contributed by atoms with Gasteiger partial charge in [-0.2, -0.15) is 11.8 Å². The van der Waals surface area contributed by atoms with Gasteiger partial charge in [0.2, 0.25) is 0 Å². The maximum Gasteiger partial charge on any atom is 0.0853 e. The fourth-order valence-corrected chi connectivity index (χ4v) is 2.64. The van der Waals surface area contributed by atoms with Gasteiger partial charge in [0.25, 0.3) is 0 Å². The lowest BCUT2D eigenvalue weighted by atomic mass is 10.3. The first-order chi connectivity index (χ1) is 5.97. The summed E-state index contributed by atoms with van der Waals surface area (Å²) in [6.45, 7) is 5.68. The molecule has 0 aromatic heterocycles. The van der Waals surface area contributed by atoms with Crippen LogP contribution in [-0.4, -0.2) is 55.3 Å². The number of rotatable bonds is 1. The van der Waals surface area contributed by atoms with E-state index >= 15 is 0 Å². The van der Waals surface area contributed by atoms with Crippen LogP contribution >= 0.6 is 11.8 Å².